The summed E-state index contributed by atoms with van der Waals surface area (Å²) < 4.78 is 5.34. The van der Waals surface area contributed by atoms with E-state index in [4.69, 9.17) is 4.74 Å². The van der Waals surface area contributed by atoms with Gasteiger partial charge in [0.15, 0.2) is 0 Å². The minimum atomic E-state index is -0.602. The number of aromatic nitrogens is 2. The van der Waals surface area contributed by atoms with Gasteiger partial charge in [-0.15, -0.1) is 0 Å². The molecule has 1 unspecified atom stereocenters. The Morgan fingerprint density at radius 2 is 2.05 bits per heavy atom. The highest BCUT2D eigenvalue weighted by molar-refractivity contribution is 5.68. The third-order valence-electron chi connectivity index (χ3n) is 2.64. The van der Waals surface area contributed by atoms with E-state index >= 15 is 0 Å². The van der Waals surface area contributed by atoms with Crippen LogP contribution >= 0.6 is 0 Å². The van der Waals surface area contributed by atoms with E-state index in [-0.39, 0.29) is 6.54 Å². The third kappa shape index (κ3) is 7.90. The number of ether oxygens (including phenoxy) is 1. The Kier molecular flexibility index (Phi) is 7.20. The molecule has 0 aliphatic carbocycles. The van der Waals surface area contributed by atoms with Crippen molar-refractivity contribution in [1.29, 1.82) is 0 Å². The molecule has 0 aliphatic rings. The molecule has 7 nitrogen and oxygen atoms in total. The molecule has 7 heteroatoms. The Morgan fingerprint density at radius 1 is 1.41 bits per heavy atom. The Hall–Kier alpha value is -1.73. The van der Waals surface area contributed by atoms with Crippen molar-refractivity contribution in [2.45, 2.75) is 45.9 Å². The van der Waals surface area contributed by atoms with Crippen molar-refractivity contribution in [3.63, 3.8) is 0 Å². The topological polar surface area (TPSA) is 87.6 Å². The van der Waals surface area contributed by atoms with E-state index in [0.717, 1.165) is 5.56 Å². The van der Waals surface area contributed by atoms with Gasteiger partial charge in [-0.2, -0.15) is 0 Å². The molecule has 0 aliphatic heterocycles. The maximum atomic E-state index is 12.1. The zero-order valence-electron chi connectivity index (χ0n) is 13.7. The maximum absolute atomic E-state index is 12.1. The van der Waals surface area contributed by atoms with Gasteiger partial charge < -0.3 is 20.1 Å². The molecular weight excluding hydrogens is 284 g/mol. The first-order valence-corrected chi connectivity index (χ1v) is 7.38. The van der Waals surface area contributed by atoms with Crippen LogP contribution in [0.25, 0.3) is 0 Å². The first-order chi connectivity index (χ1) is 10.3. The van der Waals surface area contributed by atoms with E-state index in [1.165, 1.54) is 11.2 Å². The standard InChI is InChI=1S/C15H26N4O3/c1-12(20)10-19(14(21)22-15(2,3)4)6-5-16-7-13-8-17-11-18-9-13/h8-9,11-12,16,20H,5-7,10H2,1-4H3. The summed E-state index contributed by atoms with van der Waals surface area (Å²) >= 11 is 0. The molecule has 0 bridgehead atoms. The molecule has 1 rings (SSSR count). The van der Waals surface area contributed by atoms with E-state index in [0.29, 0.717) is 19.6 Å². The number of rotatable bonds is 7. The summed E-state index contributed by atoms with van der Waals surface area (Å²) in [5.41, 5.74) is 0.421. The largest absolute Gasteiger partial charge is 0.444 e. The van der Waals surface area contributed by atoms with E-state index in [9.17, 15) is 9.90 Å². The van der Waals surface area contributed by atoms with Gasteiger partial charge >= 0.3 is 6.09 Å². The van der Waals surface area contributed by atoms with Gasteiger partial charge in [0.05, 0.1) is 6.10 Å². The first-order valence-electron chi connectivity index (χ1n) is 7.38. The van der Waals surface area contributed by atoms with E-state index in [1.807, 2.05) is 20.8 Å². The summed E-state index contributed by atoms with van der Waals surface area (Å²) in [5.74, 6) is 0. The molecule has 1 atom stereocenters. The summed E-state index contributed by atoms with van der Waals surface area (Å²) in [6.07, 6.45) is 3.94. The van der Waals surface area contributed by atoms with Gasteiger partial charge in [-0.25, -0.2) is 14.8 Å². The second kappa shape index (κ2) is 8.65. The molecule has 0 spiro atoms. The van der Waals surface area contributed by atoms with Crippen LogP contribution in [-0.4, -0.2) is 57.4 Å². The Balaban J connectivity index is 2.42. The van der Waals surface area contributed by atoms with Crippen LogP contribution in [0, 0.1) is 0 Å². The molecular formula is C15H26N4O3. The van der Waals surface area contributed by atoms with Gasteiger partial charge in [0.1, 0.15) is 11.9 Å². The van der Waals surface area contributed by atoms with Gasteiger partial charge in [-0.1, -0.05) is 0 Å². The fourth-order valence-electron chi connectivity index (χ4n) is 1.77. The lowest BCUT2D eigenvalue weighted by Gasteiger charge is -2.28. The summed E-state index contributed by atoms with van der Waals surface area (Å²) in [6, 6.07) is 0. The zero-order chi connectivity index (χ0) is 16.6. The van der Waals surface area contributed by atoms with Crippen LogP contribution in [0.5, 0.6) is 0 Å². The molecule has 0 saturated heterocycles. The van der Waals surface area contributed by atoms with Crippen LogP contribution in [0.15, 0.2) is 18.7 Å². The molecule has 1 heterocycles. The molecule has 0 aromatic carbocycles. The average molecular weight is 310 g/mol. The van der Waals surface area contributed by atoms with Crippen molar-refractivity contribution >= 4 is 6.09 Å². The van der Waals surface area contributed by atoms with Gasteiger partial charge in [0, 0.05) is 44.1 Å². The second-order valence-corrected chi connectivity index (χ2v) is 6.20. The van der Waals surface area contributed by atoms with Gasteiger partial charge in [-0.3, -0.25) is 0 Å². The van der Waals surface area contributed by atoms with Crippen molar-refractivity contribution in [3.05, 3.63) is 24.3 Å². The number of carbonyl (C=O) groups excluding carboxylic acids is 1. The van der Waals surface area contributed by atoms with Crippen molar-refractivity contribution in [1.82, 2.24) is 20.2 Å². The van der Waals surface area contributed by atoms with Crippen LogP contribution < -0.4 is 5.32 Å². The van der Waals surface area contributed by atoms with Gasteiger partial charge in [0.2, 0.25) is 0 Å². The highest BCUT2D eigenvalue weighted by Crippen LogP contribution is 2.10. The Morgan fingerprint density at radius 3 is 2.59 bits per heavy atom. The maximum Gasteiger partial charge on any atom is 0.410 e. The van der Waals surface area contributed by atoms with Crippen LogP contribution in [-0.2, 0) is 11.3 Å². The predicted molar refractivity (Wildman–Crippen MR) is 83.2 cm³/mol. The van der Waals surface area contributed by atoms with E-state index in [1.54, 1.807) is 19.3 Å². The van der Waals surface area contributed by atoms with Crippen LogP contribution in [0.2, 0.25) is 0 Å². The number of aliphatic hydroxyl groups is 1. The molecule has 0 radical (unpaired) electrons. The molecule has 1 aromatic rings. The minimum Gasteiger partial charge on any atom is -0.444 e. The number of hydrogen-bond donors (Lipinski definition) is 2. The second-order valence-electron chi connectivity index (χ2n) is 6.20. The summed E-state index contributed by atoms with van der Waals surface area (Å²) in [5, 5.41) is 12.7. The smallest absolute Gasteiger partial charge is 0.410 e. The van der Waals surface area contributed by atoms with Crippen molar-refractivity contribution < 1.29 is 14.6 Å². The lowest BCUT2D eigenvalue weighted by atomic mass is 10.2. The first kappa shape index (κ1) is 18.3. The highest BCUT2D eigenvalue weighted by Gasteiger charge is 2.22. The Labute approximate surface area is 131 Å². The monoisotopic (exact) mass is 310 g/mol. The van der Waals surface area contributed by atoms with Crippen molar-refractivity contribution in [3.8, 4) is 0 Å². The number of carbonyl (C=O) groups is 1. The molecule has 1 amide bonds. The summed E-state index contributed by atoms with van der Waals surface area (Å²) in [6.45, 7) is 9.00. The lowest BCUT2D eigenvalue weighted by molar-refractivity contribution is 0.0164. The van der Waals surface area contributed by atoms with E-state index in [2.05, 4.69) is 15.3 Å². The zero-order valence-corrected chi connectivity index (χ0v) is 13.7. The van der Waals surface area contributed by atoms with Crippen LogP contribution in [0.1, 0.15) is 33.3 Å². The highest BCUT2D eigenvalue weighted by atomic mass is 16.6. The number of nitrogens with zero attached hydrogens (tertiary/aromatic N) is 3. The molecule has 2 N–H and O–H groups in total. The van der Waals surface area contributed by atoms with Crippen LogP contribution in [0.4, 0.5) is 4.79 Å². The Bertz CT molecular complexity index is 446. The SMILES string of the molecule is CC(O)CN(CCNCc1cncnc1)C(=O)OC(C)(C)C. The quantitative estimate of drug-likeness (QED) is 0.736. The van der Waals surface area contributed by atoms with Gasteiger partial charge in [0.25, 0.3) is 0 Å². The number of amides is 1. The van der Waals surface area contributed by atoms with Gasteiger partial charge in [-0.05, 0) is 27.7 Å². The molecule has 1 aromatic heterocycles. The number of hydrogen-bond acceptors (Lipinski definition) is 6. The molecule has 0 saturated carbocycles. The molecule has 22 heavy (non-hydrogen) atoms. The molecule has 124 valence electrons. The predicted octanol–water partition coefficient (Wildman–Crippen LogP) is 1.18. The average Bonchev–Trinajstić information content (AvgIpc) is 2.41. The van der Waals surface area contributed by atoms with Crippen LogP contribution in [0.3, 0.4) is 0 Å². The summed E-state index contributed by atoms with van der Waals surface area (Å²) in [4.78, 5) is 21.5. The fourth-order valence-corrected chi connectivity index (χ4v) is 1.77. The molecule has 0 fully saturated rings. The lowest BCUT2D eigenvalue weighted by Crippen LogP contribution is -2.43. The number of aliphatic hydroxyl groups excluding tert-OH is 1. The van der Waals surface area contributed by atoms with E-state index < -0.39 is 17.8 Å². The summed E-state index contributed by atoms with van der Waals surface area (Å²) in [7, 11) is 0. The van der Waals surface area contributed by atoms with Crippen molar-refractivity contribution in [2.75, 3.05) is 19.6 Å². The third-order valence-corrected chi connectivity index (χ3v) is 2.64. The fraction of sp³-hybridized carbons (Fsp3) is 0.667. The number of nitrogens with one attached hydrogen (secondary N) is 1. The normalized spacial score (nSPS) is 12.8. The minimum absolute atomic E-state index is 0.241. The van der Waals surface area contributed by atoms with Crippen molar-refractivity contribution in [2.24, 2.45) is 0 Å².